The van der Waals surface area contributed by atoms with Crippen LogP contribution in [0.5, 0.6) is 0 Å². The fourth-order valence-corrected chi connectivity index (χ4v) is 9.11. The number of hydrogen-bond donors (Lipinski definition) is 6. The summed E-state index contributed by atoms with van der Waals surface area (Å²) >= 11 is 0. The van der Waals surface area contributed by atoms with Crippen molar-refractivity contribution in [3.05, 3.63) is 36.5 Å². The van der Waals surface area contributed by atoms with Crippen molar-refractivity contribution in [3.63, 3.8) is 0 Å². The third kappa shape index (κ3) is 37.9. The largest absolute Gasteiger partial charge is 0.394 e. The highest BCUT2D eigenvalue weighted by Gasteiger charge is 2.44. The number of allylic oxidation sites excluding steroid dienone is 5. The van der Waals surface area contributed by atoms with E-state index in [2.05, 4.69) is 43.5 Å². The lowest BCUT2D eigenvalue weighted by Gasteiger charge is -2.40. The number of aliphatic hydroxyl groups excluding tert-OH is 5. The van der Waals surface area contributed by atoms with Crippen molar-refractivity contribution in [2.75, 3.05) is 13.2 Å². The van der Waals surface area contributed by atoms with E-state index in [9.17, 15) is 30.3 Å². The molecule has 1 amide bonds. The molecule has 6 N–H and O–H groups in total. The van der Waals surface area contributed by atoms with Gasteiger partial charge in [-0.25, -0.2) is 0 Å². The Hall–Kier alpha value is -1.59. The molecule has 0 saturated carbocycles. The Bertz CT molecular complexity index is 1150. The van der Waals surface area contributed by atoms with Gasteiger partial charge in [-0.3, -0.25) is 4.79 Å². The molecule has 1 aliphatic rings. The number of rotatable bonds is 49. The first kappa shape index (κ1) is 63.4. The Morgan fingerprint density at radius 1 is 0.493 bits per heavy atom. The van der Waals surface area contributed by atoms with E-state index in [1.54, 1.807) is 6.08 Å². The van der Waals surface area contributed by atoms with Crippen molar-refractivity contribution in [1.82, 2.24) is 5.32 Å². The number of amides is 1. The molecule has 67 heavy (non-hydrogen) atoms. The molecular weight excluding hydrogens is 839 g/mol. The lowest BCUT2D eigenvalue weighted by atomic mass is 9.99. The molecule has 1 saturated heterocycles. The summed E-state index contributed by atoms with van der Waals surface area (Å²) in [6.45, 7) is 3.79. The molecule has 7 unspecified atom stereocenters. The highest BCUT2D eigenvalue weighted by Crippen LogP contribution is 2.23. The summed E-state index contributed by atoms with van der Waals surface area (Å²) < 4.78 is 11.3. The molecule has 1 fully saturated rings. The summed E-state index contributed by atoms with van der Waals surface area (Å²) in [5, 5.41) is 54.5. The van der Waals surface area contributed by atoms with Crippen molar-refractivity contribution < 1.29 is 39.8 Å². The van der Waals surface area contributed by atoms with Crippen LogP contribution in [0.4, 0.5) is 0 Å². The number of ether oxygens (including phenoxy) is 2. The zero-order valence-electron chi connectivity index (χ0n) is 43.7. The van der Waals surface area contributed by atoms with Gasteiger partial charge in [-0.05, 0) is 57.8 Å². The van der Waals surface area contributed by atoms with Gasteiger partial charge < -0.3 is 40.3 Å². The van der Waals surface area contributed by atoms with Crippen molar-refractivity contribution >= 4 is 5.91 Å². The Kier molecular flexibility index (Phi) is 45.5. The lowest BCUT2D eigenvalue weighted by molar-refractivity contribution is -0.302. The quantitative estimate of drug-likeness (QED) is 0.0261. The van der Waals surface area contributed by atoms with Crippen LogP contribution in [0.15, 0.2) is 36.5 Å². The van der Waals surface area contributed by atoms with Crippen LogP contribution in [0.3, 0.4) is 0 Å². The third-order valence-corrected chi connectivity index (χ3v) is 13.7. The molecule has 9 nitrogen and oxygen atoms in total. The van der Waals surface area contributed by atoms with E-state index >= 15 is 0 Å². The standard InChI is InChI=1S/C58H109NO8/c1-3-5-7-9-11-13-15-17-19-21-23-25-26-27-28-30-32-34-36-38-40-42-44-46-48-54(62)59-51(50-66-58-57(65)56(64)55(63)53(49-60)67-58)52(61)47-45-43-41-39-37-35-33-31-29-24-22-20-18-16-14-12-10-8-6-4-2/h27-28,37,39,45,47,51-53,55-58,60-61,63-65H,3-26,29-36,38,40-44,46,48-50H2,1-2H3,(H,59,62)/b28-27-,39-37+,47-45+. The van der Waals surface area contributed by atoms with E-state index in [0.29, 0.717) is 6.42 Å². The second-order valence-corrected chi connectivity index (χ2v) is 20.1. The molecule has 9 heteroatoms. The molecule has 0 aromatic heterocycles. The number of unbranched alkanes of at least 4 members (excludes halogenated alkanes) is 35. The molecule has 0 aromatic rings. The van der Waals surface area contributed by atoms with Crippen LogP contribution in [0, 0.1) is 0 Å². The predicted molar refractivity (Wildman–Crippen MR) is 281 cm³/mol. The monoisotopic (exact) mass is 948 g/mol. The summed E-state index contributed by atoms with van der Waals surface area (Å²) in [6, 6.07) is -0.823. The number of aliphatic hydroxyl groups is 5. The van der Waals surface area contributed by atoms with Gasteiger partial charge in [0, 0.05) is 6.42 Å². The van der Waals surface area contributed by atoms with E-state index in [0.717, 1.165) is 38.5 Å². The second kappa shape index (κ2) is 48.1. The molecule has 7 atom stereocenters. The average Bonchev–Trinajstić information content (AvgIpc) is 3.33. The maximum atomic E-state index is 13.0. The van der Waals surface area contributed by atoms with Crippen LogP contribution < -0.4 is 5.32 Å². The normalized spacial score (nSPS) is 19.9. The van der Waals surface area contributed by atoms with Crippen LogP contribution in [0.2, 0.25) is 0 Å². The molecule has 0 radical (unpaired) electrons. The van der Waals surface area contributed by atoms with Crippen LogP contribution in [-0.2, 0) is 14.3 Å². The minimum atomic E-state index is -1.57. The molecule has 1 rings (SSSR count). The molecule has 1 heterocycles. The third-order valence-electron chi connectivity index (χ3n) is 13.7. The summed E-state index contributed by atoms with van der Waals surface area (Å²) in [5.41, 5.74) is 0. The molecule has 1 aliphatic heterocycles. The highest BCUT2D eigenvalue weighted by atomic mass is 16.7. The molecule has 0 aliphatic carbocycles. The topological polar surface area (TPSA) is 149 Å². The van der Waals surface area contributed by atoms with Crippen LogP contribution in [0.1, 0.15) is 271 Å². The Balaban J connectivity index is 2.25. The Morgan fingerprint density at radius 2 is 0.851 bits per heavy atom. The van der Waals surface area contributed by atoms with Crippen LogP contribution >= 0.6 is 0 Å². The minimum Gasteiger partial charge on any atom is -0.394 e. The van der Waals surface area contributed by atoms with Gasteiger partial charge in [0.15, 0.2) is 6.29 Å². The van der Waals surface area contributed by atoms with Gasteiger partial charge in [0.1, 0.15) is 24.4 Å². The summed E-state index contributed by atoms with van der Waals surface area (Å²) in [7, 11) is 0. The van der Waals surface area contributed by atoms with Gasteiger partial charge in [0.2, 0.25) is 5.91 Å². The maximum Gasteiger partial charge on any atom is 0.220 e. The Morgan fingerprint density at radius 3 is 1.25 bits per heavy atom. The van der Waals surface area contributed by atoms with Crippen molar-refractivity contribution in [2.24, 2.45) is 0 Å². The molecular formula is C58H109NO8. The minimum absolute atomic E-state index is 0.187. The first-order chi connectivity index (χ1) is 32.8. The van der Waals surface area contributed by atoms with E-state index in [1.807, 2.05) is 6.08 Å². The fourth-order valence-electron chi connectivity index (χ4n) is 9.11. The SMILES string of the molecule is CCCCCCCCCCCCCC/C=C\CCCCCCCCCCC(=O)NC(COC1OC(CO)C(O)C(O)C1O)C(O)/C=C/CC/C=C/CCCCCCCCCCCCCCCC. The smallest absolute Gasteiger partial charge is 0.220 e. The summed E-state index contributed by atoms with van der Waals surface area (Å²) in [5.74, 6) is -0.187. The summed E-state index contributed by atoms with van der Waals surface area (Å²) in [4.78, 5) is 13.0. The molecule has 0 aromatic carbocycles. The number of nitrogens with one attached hydrogen (secondary N) is 1. The highest BCUT2D eigenvalue weighted by molar-refractivity contribution is 5.76. The van der Waals surface area contributed by atoms with Gasteiger partial charge in [-0.1, -0.05) is 243 Å². The van der Waals surface area contributed by atoms with Gasteiger partial charge in [-0.2, -0.15) is 0 Å². The van der Waals surface area contributed by atoms with Gasteiger partial charge in [0.05, 0.1) is 25.4 Å². The van der Waals surface area contributed by atoms with E-state index in [-0.39, 0.29) is 12.5 Å². The maximum absolute atomic E-state index is 13.0. The van der Waals surface area contributed by atoms with E-state index in [1.165, 1.54) is 212 Å². The van der Waals surface area contributed by atoms with E-state index in [4.69, 9.17) is 9.47 Å². The van der Waals surface area contributed by atoms with Crippen LogP contribution in [0.25, 0.3) is 0 Å². The first-order valence-corrected chi connectivity index (χ1v) is 28.7. The summed E-state index contributed by atoms with van der Waals surface area (Å²) in [6.07, 6.45) is 55.0. The van der Waals surface area contributed by atoms with Crippen molar-refractivity contribution in [2.45, 2.75) is 314 Å². The number of carbonyl (C=O) groups is 1. The van der Waals surface area contributed by atoms with Crippen molar-refractivity contribution in [1.29, 1.82) is 0 Å². The van der Waals surface area contributed by atoms with Gasteiger partial charge in [-0.15, -0.1) is 0 Å². The Labute approximate surface area is 412 Å². The van der Waals surface area contributed by atoms with E-state index < -0.39 is 49.5 Å². The van der Waals surface area contributed by atoms with Crippen molar-refractivity contribution in [3.8, 4) is 0 Å². The van der Waals surface area contributed by atoms with Gasteiger partial charge >= 0.3 is 0 Å². The number of carbonyl (C=O) groups excluding carboxylic acids is 1. The zero-order chi connectivity index (χ0) is 48.7. The predicted octanol–water partition coefficient (Wildman–Crippen LogP) is 14.0. The first-order valence-electron chi connectivity index (χ1n) is 28.7. The molecule has 0 bridgehead atoms. The zero-order valence-corrected chi connectivity index (χ0v) is 43.7. The molecule has 394 valence electrons. The number of hydrogen-bond acceptors (Lipinski definition) is 8. The second-order valence-electron chi connectivity index (χ2n) is 20.1. The lowest BCUT2D eigenvalue weighted by Crippen LogP contribution is -2.60. The fraction of sp³-hybridized carbons (Fsp3) is 0.879. The van der Waals surface area contributed by atoms with Gasteiger partial charge in [0.25, 0.3) is 0 Å². The average molecular weight is 949 g/mol. The molecule has 0 spiro atoms. The van der Waals surface area contributed by atoms with Crippen LogP contribution in [-0.4, -0.2) is 87.5 Å².